The van der Waals surface area contributed by atoms with Crippen LogP contribution in [0.2, 0.25) is 0 Å². The number of ether oxygens (including phenoxy) is 1. The van der Waals surface area contributed by atoms with Crippen LogP contribution in [0.5, 0.6) is 5.88 Å². The number of methoxy groups -OCH3 is 1. The lowest BCUT2D eigenvalue weighted by Crippen LogP contribution is -2.19. The second-order valence-electron chi connectivity index (χ2n) is 5.21. The van der Waals surface area contributed by atoms with Gasteiger partial charge in [0.25, 0.3) is 0 Å². The first-order valence-corrected chi connectivity index (χ1v) is 6.07. The Morgan fingerprint density at radius 3 is 2.35 bits per heavy atom. The van der Waals surface area contributed by atoms with Crippen LogP contribution in [0.1, 0.15) is 45.5 Å². The molecule has 1 aromatic heterocycles. The lowest BCUT2D eigenvalue weighted by Gasteiger charge is -2.20. The molecule has 0 aromatic carbocycles. The highest BCUT2D eigenvalue weighted by atomic mass is 16.5. The molecule has 0 bridgehead atoms. The van der Waals surface area contributed by atoms with Gasteiger partial charge in [-0.3, -0.25) is 0 Å². The van der Waals surface area contributed by atoms with E-state index in [9.17, 15) is 0 Å². The molecule has 4 nitrogen and oxygen atoms in total. The highest BCUT2D eigenvalue weighted by Crippen LogP contribution is 2.27. The highest BCUT2D eigenvalue weighted by molar-refractivity contribution is 5.49. The molecule has 0 spiro atoms. The molecule has 17 heavy (non-hydrogen) atoms. The van der Waals surface area contributed by atoms with Crippen molar-refractivity contribution in [2.24, 2.45) is 0 Å². The summed E-state index contributed by atoms with van der Waals surface area (Å²) in [5.74, 6) is 2.34. The lowest BCUT2D eigenvalue weighted by molar-refractivity contribution is 0.386. The molecule has 0 aliphatic heterocycles. The van der Waals surface area contributed by atoms with Crippen LogP contribution in [-0.2, 0) is 5.41 Å². The molecule has 0 radical (unpaired) electrons. The van der Waals surface area contributed by atoms with Crippen LogP contribution < -0.4 is 10.1 Å². The number of nitrogens with one attached hydrogen (secondary N) is 1. The van der Waals surface area contributed by atoms with Crippen LogP contribution >= 0.6 is 0 Å². The number of aromatic nitrogens is 2. The summed E-state index contributed by atoms with van der Waals surface area (Å²) >= 11 is 0. The van der Waals surface area contributed by atoms with Gasteiger partial charge >= 0.3 is 0 Å². The average Bonchev–Trinajstić information content (AvgIpc) is 2.26. The van der Waals surface area contributed by atoms with Crippen molar-refractivity contribution in [1.82, 2.24) is 9.97 Å². The number of hydrogen-bond donors (Lipinski definition) is 1. The first-order valence-electron chi connectivity index (χ1n) is 6.07. The van der Waals surface area contributed by atoms with Crippen molar-refractivity contribution >= 4 is 5.82 Å². The zero-order valence-corrected chi connectivity index (χ0v) is 11.7. The quantitative estimate of drug-likeness (QED) is 0.874. The molecule has 0 aliphatic carbocycles. The van der Waals surface area contributed by atoms with E-state index in [1.165, 1.54) is 0 Å². The molecule has 96 valence electrons. The molecule has 0 aliphatic rings. The van der Waals surface area contributed by atoms with Crippen molar-refractivity contribution in [3.8, 4) is 5.88 Å². The second kappa shape index (κ2) is 5.34. The second-order valence-corrected chi connectivity index (χ2v) is 5.21. The van der Waals surface area contributed by atoms with Gasteiger partial charge in [0, 0.05) is 12.0 Å². The minimum absolute atomic E-state index is 0.0797. The summed E-state index contributed by atoms with van der Waals surface area (Å²) < 4.78 is 5.31. The molecule has 0 amide bonds. The molecule has 0 saturated carbocycles. The van der Waals surface area contributed by atoms with E-state index in [4.69, 9.17) is 4.74 Å². The third-order valence-corrected chi connectivity index (χ3v) is 2.51. The molecular weight excluding hydrogens is 214 g/mol. The summed E-state index contributed by atoms with van der Waals surface area (Å²) in [6, 6.07) is 0. The number of hydrogen-bond acceptors (Lipinski definition) is 4. The number of anilines is 1. The Bertz CT molecular complexity index is 383. The van der Waals surface area contributed by atoms with Crippen LogP contribution in [0.3, 0.4) is 0 Å². The van der Waals surface area contributed by atoms with Gasteiger partial charge in [-0.05, 0) is 13.3 Å². The summed E-state index contributed by atoms with van der Waals surface area (Å²) in [6.07, 6.45) is 1.07. The van der Waals surface area contributed by atoms with Gasteiger partial charge in [-0.1, -0.05) is 27.7 Å². The zero-order chi connectivity index (χ0) is 13.1. The van der Waals surface area contributed by atoms with Crippen molar-refractivity contribution in [2.45, 2.75) is 46.5 Å². The smallest absolute Gasteiger partial charge is 0.221 e. The van der Waals surface area contributed by atoms with Gasteiger partial charge in [0.2, 0.25) is 5.88 Å². The van der Waals surface area contributed by atoms with Crippen molar-refractivity contribution in [3.63, 3.8) is 0 Å². The summed E-state index contributed by atoms with van der Waals surface area (Å²) in [6.45, 7) is 11.3. The van der Waals surface area contributed by atoms with Gasteiger partial charge in [-0.15, -0.1) is 0 Å². The van der Waals surface area contributed by atoms with E-state index in [0.29, 0.717) is 5.88 Å². The molecule has 0 atom stereocenters. The Hall–Kier alpha value is -1.32. The fourth-order valence-electron chi connectivity index (χ4n) is 1.45. The molecule has 1 heterocycles. The fraction of sp³-hybridized carbons (Fsp3) is 0.692. The molecule has 0 saturated heterocycles. The predicted molar refractivity (Wildman–Crippen MR) is 70.8 cm³/mol. The Morgan fingerprint density at radius 1 is 1.24 bits per heavy atom. The van der Waals surface area contributed by atoms with Crippen LogP contribution in [-0.4, -0.2) is 23.6 Å². The molecule has 1 N–H and O–H groups in total. The summed E-state index contributed by atoms with van der Waals surface area (Å²) in [7, 11) is 1.64. The standard InChI is InChI=1S/C13H23N3O/c1-7-8-14-10-9(2)11(17-6)16-12(15-10)13(3,4)5/h7-8H2,1-6H3,(H,14,15,16). The Morgan fingerprint density at radius 2 is 1.88 bits per heavy atom. The van der Waals surface area contributed by atoms with E-state index >= 15 is 0 Å². The topological polar surface area (TPSA) is 47.0 Å². The van der Waals surface area contributed by atoms with Gasteiger partial charge in [0.1, 0.15) is 11.6 Å². The maximum absolute atomic E-state index is 5.31. The predicted octanol–water partition coefficient (Wildman–Crippen LogP) is 2.91. The van der Waals surface area contributed by atoms with E-state index in [1.54, 1.807) is 7.11 Å². The van der Waals surface area contributed by atoms with Crippen LogP contribution in [0.15, 0.2) is 0 Å². The Labute approximate surface area is 104 Å². The Balaban J connectivity index is 3.19. The highest BCUT2D eigenvalue weighted by Gasteiger charge is 2.21. The van der Waals surface area contributed by atoms with Gasteiger partial charge in [0.05, 0.1) is 12.7 Å². The van der Waals surface area contributed by atoms with Crippen molar-refractivity contribution in [2.75, 3.05) is 19.0 Å². The van der Waals surface area contributed by atoms with E-state index in [1.807, 2.05) is 6.92 Å². The summed E-state index contributed by atoms with van der Waals surface area (Å²) in [5, 5.41) is 3.32. The number of rotatable bonds is 4. The SMILES string of the molecule is CCCNc1nc(C(C)(C)C)nc(OC)c1C. The Kier molecular flexibility index (Phi) is 4.32. The third kappa shape index (κ3) is 3.32. The van der Waals surface area contributed by atoms with Crippen molar-refractivity contribution in [1.29, 1.82) is 0 Å². The minimum atomic E-state index is -0.0797. The fourth-order valence-corrected chi connectivity index (χ4v) is 1.45. The molecule has 0 fully saturated rings. The van der Waals surface area contributed by atoms with E-state index in [2.05, 4.69) is 43.0 Å². The van der Waals surface area contributed by atoms with Crippen LogP contribution in [0, 0.1) is 6.92 Å². The van der Waals surface area contributed by atoms with E-state index in [-0.39, 0.29) is 5.41 Å². The summed E-state index contributed by atoms with van der Waals surface area (Å²) in [4.78, 5) is 9.04. The normalized spacial score (nSPS) is 11.4. The van der Waals surface area contributed by atoms with Gasteiger partial charge in [0.15, 0.2) is 0 Å². The van der Waals surface area contributed by atoms with E-state index < -0.39 is 0 Å². The van der Waals surface area contributed by atoms with Gasteiger partial charge < -0.3 is 10.1 Å². The van der Waals surface area contributed by atoms with Crippen molar-refractivity contribution in [3.05, 3.63) is 11.4 Å². The first kappa shape index (κ1) is 13.7. The number of nitrogens with zero attached hydrogens (tertiary/aromatic N) is 2. The zero-order valence-electron chi connectivity index (χ0n) is 11.7. The summed E-state index contributed by atoms with van der Waals surface area (Å²) in [5.41, 5.74) is 0.887. The third-order valence-electron chi connectivity index (χ3n) is 2.51. The monoisotopic (exact) mass is 237 g/mol. The maximum atomic E-state index is 5.31. The lowest BCUT2D eigenvalue weighted by atomic mass is 9.95. The molecule has 4 heteroatoms. The minimum Gasteiger partial charge on any atom is -0.481 e. The largest absolute Gasteiger partial charge is 0.481 e. The van der Waals surface area contributed by atoms with Crippen molar-refractivity contribution < 1.29 is 4.74 Å². The molecule has 1 rings (SSSR count). The van der Waals surface area contributed by atoms with E-state index in [0.717, 1.165) is 30.2 Å². The average molecular weight is 237 g/mol. The first-order chi connectivity index (χ1) is 7.90. The van der Waals surface area contributed by atoms with Crippen LogP contribution in [0.4, 0.5) is 5.82 Å². The van der Waals surface area contributed by atoms with Gasteiger partial charge in [-0.2, -0.15) is 4.98 Å². The van der Waals surface area contributed by atoms with Crippen LogP contribution in [0.25, 0.3) is 0 Å². The maximum Gasteiger partial charge on any atom is 0.221 e. The molecular formula is C13H23N3O. The molecule has 1 aromatic rings. The molecule has 0 unspecified atom stereocenters. The van der Waals surface area contributed by atoms with Gasteiger partial charge in [-0.25, -0.2) is 4.98 Å².